The number of rotatable bonds is 3. The summed E-state index contributed by atoms with van der Waals surface area (Å²) in [7, 11) is 0. The number of amides is 1. The summed E-state index contributed by atoms with van der Waals surface area (Å²) < 4.78 is 5.38. The zero-order chi connectivity index (χ0) is 16.1. The van der Waals surface area contributed by atoms with Crippen molar-refractivity contribution in [2.75, 3.05) is 6.54 Å². The predicted octanol–water partition coefficient (Wildman–Crippen LogP) is 2.80. The van der Waals surface area contributed by atoms with E-state index in [1.54, 1.807) is 6.20 Å². The molecule has 0 radical (unpaired) electrons. The van der Waals surface area contributed by atoms with Crippen molar-refractivity contribution < 1.29 is 9.32 Å². The third-order valence-electron chi connectivity index (χ3n) is 4.91. The number of hydrogen-bond donors (Lipinski definition) is 1. The number of likely N-dealkylation sites (tertiary alicyclic amines) is 1. The zero-order valence-electron chi connectivity index (χ0n) is 13.1. The van der Waals surface area contributed by atoms with Crippen LogP contribution in [0.25, 0.3) is 10.9 Å². The summed E-state index contributed by atoms with van der Waals surface area (Å²) in [5.74, 6) is 1.79. The van der Waals surface area contributed by atoms with E-state index in [1.165, 1.54) is 0 Å². The minimum atomic E-state index is -0.101. The van der Waals surface area contributed by atoms with Crippen molar-refractivity contribution in [2.45, 2.75) is 37.6 Å². The number of nitrogens with one attached hydrogen (secondary N) is 1. The lowest BCUT2D eigenvalue weighted by atomic mass is 10.1. The van der Waals surface area contributed by atoms with Crippen molar-refractivity contribution >= 4 is 16.8 Å². The molecule has 1 aliphatic carbocycles. The van der Waals surface area contributed by atoms with E-state index in [-0.39, 0.29) is 11.9 Å². The highest BCUT2D eigenvalue weighted by molar-refractivity contribution is 6.06. The van der Waals surface area contributed by atoms with Crippen LogP contribution in [-0.2, 0) is 0 Å². The van der Waals surface area contributed by atoms with Crippen molar-refractivity contribution in [1.29, 1.82) is 0 Å². The van der Waals surface area contributed by atoms with Gasteiger partial charge in [-0.3, -0.25) is 9.89 Å². The van der Waals surface area contributed by atoms with Gasteiger partial charge in [-0.2, -0.15) is 10.1 Å². The van der Waals surface area contributed by atoms with E-state index < -0.39 is 0 Å². The third kappa shape index (κ3) is 2.11. The molecule has 2 fully saturated rings. The summed E-state index contributed by atoms with van der Waals surface area (Å²) in [5.41, 5.74) is 1.53. The normalized spacial score (nSPS) is 20.8. The number of hydrogen-bond acceptors (Lipinski definition) is 5. The second kappa shape index (κ2) is 5.15. The molecule has 7 nitrogen and oxygen atoms in total. The largest absolute Gasteiger partial charge is 0.339 e. The topological polar surface area (TPSA) is 87.9 Å². The van der Waals surface area contributed by atoms with Crippen LogP contribution in [0.5, 0.6) is 0 Å². The van der Waals surface area contributed by atoms with E-state index in [0.29, 0.717) is 23.9 Å². The molecule has 2 aliphatic rings. The number of fused-ring (bicyclic) bond motifs is 1. The van der Waals surface area contributed by atoms with Crippen LogP contribution in [0.2, 0.25) is 0 Å². The van der Waals surface area contributed by atoms with Crippen LogP contribution in [0, 0.1) is 0 Å². The summed E-state index contributed by atoms with van der Waals surface area (Å²) in [6.07, 6.45) is 5.77. The van der Waals surface area contributed by atoms with Gasteiger partial charge in [-0.15, -0.1) is 0 Å². The first kappa shape index (κ1) is 13.7. The number of carbonyl (C=O) groups is 1. The third-order valence-corrected chi connectivity index (χ3v) is 4.91. The Bertz CT molecular complexity index is 910. The summed E-state index contributed by atoms with van der Waals surface area (Å²) in [6.45, 7) is 0.713. The van der Waals surface area contributed by atoms with E-state index in [4.69, 9.17) is 4.52 Å². The Labute approximate surface area is 138 Å². The van der Waals surface area contributed by atoms with Crippen molar-refractivity contribution in [3.63, 3.8) is 0 Å². The van der Waals surface area contributed by atoms with Gasteiger partial charge in [-0.05, 0) is 37.8 Å². The van der Waals surface area contributed by atoms with Crippen LogP contribution in [0.4, 0.5) is 0 Å². The van der Waals surface area contributed by atoms with Crippen molar-refractivity contribution in [3.05, 3.63) is 41.7 Å². The van der Waals surface area contributed by atoms with E-state index in [9.17, 15) is 4.79 Å². The van der Waals surface area contributed by atoms with Gasteiger partial charge in [0.05, 0.1) is 23.3 Å². The molecule has 1 saturated heterocycles. The average molecular weight is 323 g/mol. The molecule has 1 saturated carbocycles. The molecule has 24 heavy (non-hydrogen) atoms. The minimum Gasteiger partial charge on any atom is -0.339 e. The first-order valence-electron chi connectivity index (χ1n) is 8.38. The van der Waals surface area contributed by atoms with Gasteiger partial charge < -0.3 is 9.42 Å². The Balaban J connectivity index is 1.47. The molecule has 1 amide bonds. The number of aromatic amines is 1. The Hall–Kier alpha value is -2.70. The SMILES string of the molecule is O=C(c1cccc2[nH]ncc12)N1CCC[C@@H]1c1noc(C2CC2)n1. The highest BCUT2D eigenvalue weighted by Crippen LogP contribution is 2.40. The Kier molecular flexibility index (Phi) is 2.95. The standard InChI is InChI=1S/C17H17N5O2/c23-17(11-3-1-4-13-12(11)9-18-20-13)22-8-2-5-14(22)15-19-16(24-21-15)10-6-7-10/h1,3-4,9-10,14H,2,5-8H2,(H,18,20)/t14-/m1/s1. The molecule has 3 heterocycles. The van der Waals surface area contributed by atoms with Gasteiger partial charge in [0.15, 0.2) is 5.82 Å². The lowest BCUT2D eigenvalue weighted by Crippen LogP contribution is -2.31. The van der Waals surface area contributed by atoms with Crippen LogP contribution in [0.1, 0.15) is 59.7 Å². The Morgan fingerprint density at radius 1 is 1.29 bits per heavy atom. The summed E-state index contributed by atoms with van der Waals surface area (Å²) in [5, 5.41) is 11.9. The number of carbonyl (C=O) groups excluding carboxylic acids is 1. The molecule has 0 spiro atoms. The molecular weight excluding hydrogens is 306 g/mol. The average Bonchev–Trinajstić information content (AvgIpc) is 3.06. The maximum absolute atomic E-state index is 13.1. The quantitative estimate of drug-likeness (QED) is 0.800. The van der Waals surface area contributed by atoms with Crippen molar-refractivity contribution in [1.82, 2.24) is 25.2 Å². The second-order valence-electron chi connectivity index (χ2n) is 6.56. The first-order chi connectivity index (χ1) is 11.8. The van der Waals surface area contributed by atoms with E-state index >= 15 is 0 Å². The second-order valence-corrected chi connectivity index (χ2v) is 6.56. The van der Waals surface area contributed by atoms with Gasteiger partial charge in [0.2, 0.25) is 5.89 Å². The van der Waals surface area contributed by atoms with Crippen LogP contribution < -0.4 is 0 Å². The summed E-state index contributed by atoms with van der Waals surface area (Å²) in [6, 6.07) is 5.54. The molecule has 1 aliphatic heterocycles. The minimum absolute atomic E-state index is 0.00210. The van der Waals surface area contributed by atoms with Crippen molar-refractivity contribution in [2.24, 2.45) is 0 Å². The van der Waals surface area contributed by atoms with Crippen LogP contribution in [-0.4, -0.2) is 37.7 Å². The highest BCUT2D eigenvalue weighted by Gasteiger charge is 2.36. The maximum atomic E-state index is 13.1. The molecule has 7 heteroatoms. The summed E-state index contributed by atoms with van der Waals surface area (Å²) >= 11 is 0. The van der Waals surface area contributed by atoms with Crippen molar-refractivity contribution in [3.8, 4) is 0 Å². The maximum Gasteiger partial charge on any atom is 0.255 e. The van der Waals surface area contributed by atoms with E-state index in [1.807, 2.05) is 23.1 Å². The van der Waals surface area contributed by atoms with Gasteiger partial charge in [0, 0.05) is 17.8 Å². The van der Waals surface area contributed by atoms with E-state index in [0.717, 1.165) is 42.5 Å². The predicted molar refractivity (Wildman–Crippen MR) is 85.4 cm³/mol. The van der Waals surface area contributed by atoms with Gasteiger partial charge >= 0.3 is 0 Å². The zero-order valence-corrected chi connectivity index (χ0v) is 13.1. The van der Waals surface area contributed by atoms with E-state index in [2.05, 4.69) is 20.3 Å². The molecule has 5 rings (SSSR count). The molecule has 1 aromatic carbocycles. The fourth-order valence-corrected chi connectivity index (χ4v) is 3.47. The van der Waals surface area contributed by atoms with Crippen LogP contribution >= 0.6 is 0 Å². The molecule has 0 unspecified atom stereocenters. The lowest BCUT2D eigenvalue weighted by Gasteiger charge is -2.22. The molecule has 0 bridgehead atoms. The van der Waals surface area contributed by atoms with Crippen LogP contribution in [0.15, 0.2) is 28.9 Å². The van der Waals surface area contributed by atoms with Gasteiger partial charge in [-0.25, -0.2) is 0 Å². The molecule has 2 aromatic heterocycles. The number of benzene rings is 1. The molecule has 1 N–H and O–H groups in total. The Morgan fingerprint density at radius 3 is 3.08 bits per heavy atom. The smallest absolute Gasteiger partial charge is 0.255 e. The van der Waals surface area contributed by atoms with Crippen LogP contribution in [0.3, 0.4) is 0 Å². The highest BCUT2D eigenvalue weighted by atomic mass is 16.5. The molecular formula is C17H17N5O2. The van der Waals surface area contributed by atoms with Gasteiger partial charge in [0.25, 0.3) is 5.91 Å². The number of aromatic nitrogens is 4. The fourth-order valence-electron chi connectivity index (χ4n) is 3.47. The molecule has 122 valence electrons. The summed E-state index contributed by atoms with van der Waals surface area (Å²) in [4.78, 5) is 19.5. The molecule has 1 atom stereocenters. The monoisotopic (exact) mass is 323 g/mol. The number of H-pyrrole nitrogens is 1. The Morgan fingerprint density at radius 2 is 2.21 bits per heavy atom. The van der Waals surface area contributed by atoms with Gasteiger partial charge in [-0.1, -0.05) is 11.2 Å². The fraction of sp³-hybridized carbons (Fsp3) is 0.412. The molecule has 3 aromatic rings. The lowest BCUT2D eigenvalue weighted by molar-refractivity contribution is 0.0730. The first-order valence-corrected chi connectivity index (χ1v) is 8.38. The number of nitrogens with zero attached hydrogens (tertiary/aromatic N) is 4. The van der Waals surface area contributed by atoms with Gasteiger partial charge in [0.1, 0.15) is 0 Å².